The number of esters is 1. The molecule has 8 nitrogen and oxygen atoms in total. The number of carbonyl (C=O) groups excluding carboxylic acids is 2. The molecule has 148 valence electrons. The largest absolute Gasteiger partial charge is 0.465 e. The van der Waals surface area contributed by atoms with E-state index in [0.29, 0.717) is 30.3 Å². The monoisotopic (exact) mass is 386 g/mol. The lowest BCUT2D eigenvalue weighted by atomic mass is 10.1. The highest BCUT2D eigenvalue weighted by atomic mass is 16.7. The number of benzene rings is 1. The number of nitrogens with zero attached hydrogens (tertiary/aromatic N) is 1. The van der Waals surface area contributed by atoms with Gasteiger partial charge in [-0.25, -0.2) is 10.2 Å². The summed E-state index contributed by atoms with van der Waals surface area (Å²) in [6.45, 7) is 2.88. The normalized spacial score (nSPS) is 16.1. The number of hydrogen-bond donors (Lipinski definition) is 1. The van der Waals surface area contributed by atoms with Gasteiger partial charge in [0, 0.05) is 5.56 Å². The second-order valence-electron chi connectivity index (χ2n) is 6.43. The number of hydrazone groups is 1. The minimum atomic E-state index is -0.911. The molecule has 1 amide bonds. The Hall–Kier alpha value is -2.97. The summed E-state index contributed by atoms with van der Waals surface area (Å²) in [5.41, 5.74) is 3.70. The van der Waals surface area contributed by atoms with Crippen LogP contribution in [0.3, 0.4) is 0 Å². The highest BCUT2D eigenvalue weighted by Crippen LogP contribution is 2.23. The van der Waals surface area contributed by atoms with Crippen molar-refractivity contribution in [2.24, 2.45) is 5.10 Å². The molecule has 1 aliphatic rings. The first kappa shape index (κ1) is 19.8. The van der Waals surface area contributed by atoms with Crippen LogP contribution in [0.25, 0.3) is 11.3 Å². The van der Waals surface area contributed by atoms with Crippen LogP contribution in [0.2, 0.25) is 0 Å². The fourth-order valence-corrected chi connectivity index (χ4v) is 2.74. The van der Waals surface area contributed by atoms with E-state index < -0.39 is 11.8 Å². The van der Waals surface area contributed by atoms with Crippen molar-refractivity contribution in [2.45, 2.75) is 25.6 Å². The Labute approximate surface area is 162 Å². The Balaban J connectivity index is 1.55. The zero-order chi connectivity index (χ0) is 20.0. The maximum absolute atomic E-state index is 12.0. The summed E-state index contributed by atoms with van der Waals surface area (Å²) in [5.74, 6) is -0.533. The van der Waals surface area contributed by atoms with Crippen LogP contribution in [-0.4, -0.2) is 44.2 Å². The van der Waals surface area contributed by atoms with Crippen molar-refractivity contribution in [1.29, 1.82) is 0 Å². The molecule has 28 heavy (non-hydrogen) atoms. The van der Waals surface area contributed by atoms with Crippen molar-refractivity contribution in [3.8, 4) is 11.3 Å². The first-order valence-corrected chi connectivity index (χ1v) is 8.87. The average molecular weight is 386 g/mol. The average Bonchev–Trinajstić information content (AvgIpc) is 3.16. The van der Waals surface area contributed by atoms with Gasteiger partial charge in [-0.2, -0.15) is 5.10 Å². The van der Waals surface area contributed by atoms with Crippen molar-refractivity contribution in [1.82, 2.24) is 5.43 Å². The number of nitrogens with one attached hydrogen (secondary N) is 1. The van der Waals surface area contributed by atoms with Crippen LogP contribution < -0.4 is 5.43 Å². The van der Waals surface area contributed by atoms with Gasteiger partial charge >= 0.3 is 5.97 Å². The van der Waals surface area contributed by atoms with Gasteiger partial charge < -0.3 is 18.6 Å². The van der Waals surface area contributed by atoms with Crippen LogP contribution in [0.5, 0.6) is 0 Å². The third-order valence-corrected chi connectivity index (χ3v) is 4.18. The highest BCUT2D eigenvalue weighted by Gasteiger charge is 2.31. The minimum absolute atomic E-state index is 0.0558. The lowest BCUT2D eigenvalue weighted by Gasteiger charge is -2.33. The SMILES string of the molecule is COC(=O)c1ccc(-c2ccc(/C=N\NC(=O)CC3(C)OCCCO3)o2)cc1. The molecule has 3 rings (SSSR count). The van der Waals surface area contributed by atoms with Gasteiger partial charge in [0.05, 0.1) is 38.5 Å². The molecule has 0 spiro atoms. The maximum atomic E-state index is 12.0. The molecule has 1 aromatic carbocycles. The molecule has 2 aromatic rings. The van der Waals surface area contributed by atoms with E-state index in [2.05, 4.69) is 15.3 Å². The third kappa shape index (κ3) is 5.05. The van der Waals surface area contributed by atoms with Crippen LogP contribution >= 0.6 is 0 Å². The first-order valence-electron chi connectivity index (χ1n) is 8.87. The molecule has 8 heteroatoms. The molecular weight excluding hydrogens is 364 g/mol. The molecule has 0 atom stereocenters. The second kappa shape index (κ2) is 8.81. The zero-order valence-electron chi connectivity index (χ0n) is 15.8. The van der Waals surface area contributed by atoms with E-state index in [1.807, 2.05) is 0 Å². The number of rotatable bonds is 6. The number of furan rings is 1. The smallest absolute Gasteiger partial charge is 0.337 e. The van der Waals surface area contributed by atoms with E-state index in [0.717, 1.165) is 12.0 Å². The number of amides is 1. The molecule has 0 saturated carbocycles. The van der Waals surface area contributed by atoms with Crippen LogP contribution in [0.4, 0.5) is 0 Å². The lowest BCUT2D eigenvalue weighted by Crippen LogP contribution is -2.41. The van der Waals surface area contributed by atoms with Crippen molar-refractivity contribution in [3.63, 3.8) is 0 Å². The Kier molecular flexibility index (Phi) is 6.23. The van der Waals surface area contributed by atoms with Crippen molar-refractivity contribution in [3.05, 3.63) is 47.7 Å². The second-order valence-corrected chi connectivity index (χ2v) is 6.43. The topological polar surface area (TPSA) is 99.4 Å². The van der Waals surface area contributed by atoms with Crippen LogP contribution in [0, 0.1) is 0 Å². The van der Waals surface area contributed by atoms with E-state index in [-0.39, 0.29) is 12.3 Å². The van der Waals surface area contributed by atoms with Gasteiger partial charge in [-0.3, -0.25) is 4.79 Å². The van der Waals surface area contributed by atoms with Crippen LogP contribution in [-0.2, 0) is 19.0 Å². The molecular formula is C20H22N2O6. The standard InChI is InChI=1S/C20H22N2O6/c1-20(26-10-3-11-27-20)12-18(23)22-21-13-16-8-9-17(28-16)14-4-6-15(7-5-14)19(24)25-2/h4-9,13H,3,10-12H2,1-2H3,(H,22,23)/b21-13-. The number of ether oxygens (including phenoxy) is 3. The quantitative estimate of drug-likeness (QED) is 0.466. The summed E-state index contributed by atoms with van der Waals surface area (Å²) in [4.78, 5) is 23.5. The molecule has 2 heterocycles. The van der Waals surface area contributed by atoms with E-state index in [4.69, 9.17) is 13.9 Å². The van der Waals surface area contributed by atoms with E-state index >= 15 is 0 Å². The minimum Gasteiger partial charge on any atom is -0.465 e. The molecule has 0 bridgehead atoms. The first-order chi connectivity index (χ1) is 13.5. The Morgan fingerprint density at radius 1 is 1.18 bits per heavy atom. The summed E-state index contributed by atoms with van der Waals surface area (Å²) in [6.07, 6.45) is 2.29. The fraction of sp³-hybridized carbons (Fsp3) is 0.350. The summed E-state index contributed by atoms with van der Waals surface area (Å²) in [6, 6.07) is 10.4. The molecule has 0 aliphatic carbocycles. The highest BCUT2D eigenvalue weighted by molar-refractivity contribution is 5.90. The Bertz CT molecular complexity index is 850. The molecule has 1 aromatic heterocycles. The Morgan fingerprint density at radius 2 is 1.89 bits per heavy atom. The molecule has 1 fully saturated rings. The molecule has 1 aliphatic heterocycles. The zero-order valence-corrected chi connectivity index (χ0v) is 15.8. The summed E-state index contributed by atoms with van der Waals surface area (Å²) < 4.78 is 21.4. The molecule has 0 radical (unpaired) electrons. The number of carbonyl (C=O) groups is 2. The summed E-state index contributed by atoms with van der Waals surface area (Å²) >= 11 is 0. The fourth-order valence-electron chi connectivity index (χ4n) is 2.74. The predicted octanol–water partition coefficient (Wildman–Crippen LogP) is 2.73. The molecule has 1 N–H and O–H groups in total. The van der Waals surface area contributed by atoms with Crippen LogP contribution in [0.1, 0.15) is 35.9 Å². The summed E-state index contributed by atoms with van der Waals surface area (Å²) in [5, 5.41) is 3.90. The van der Waals surface area contributed by atoms with E-state index in [1.165, 1.54) is 13.3 Å². The van der Waals surface area contributed by atoms with Gasteiger partial charge in [0.2, 0.25) is 5.91 Å². The number of hydrogen-bond acceptors (Lipinski definition) is 7. The number of methoxy groups -OCH3 is 1. The van der Waals surface area contributed by atoms with Gasteiger partial charge in [0.1, 0.15) is 11.5 Å². The third-order valence-electron chi connectivity index (χ3n) is 4.18. The van der Waals surface area contributed by atoms with E-state index in [9.17, 15) is 9.59 Å². The van der Waals surface area contributed by atoms with Gasteiger partial charge in [-0.15, -0.1) is 0 Å². The lowest BCUT2D eigenvalue weighted by molar-refractivity contribution is -0.256. The van der Waals surface area contributed by atoms with Crippen molar-refractivity contribution >= 4 is 18.1 Å². The Morgan fingerprint density at radius 3 is 2.57 bits per heavy atom. The molecule has 0 unspecified atom stereocenters. The van der Waals surface area contributed by atoms with Crippen molar-refractivity contribution in [2.75, 3.05) is 20.3 Å². The molecule has 1 saturated heterocycles. The van der Waals surface area contributed by atoms with E-state index in [1.54, 1.807) is 43.3 Å². The van der Waals surface area contributed by atoms with Crippen LogP contribution in [0.15, 0.2) is 45.9 Å². The van der Waals surface area contributed by atoms with Gasteiger partial charge in [-0.1, -0.05) is 12.1 Å². The van der Waals surface area contributed by atoms with Gasteiger partial charge in [0.15, 0.2) is 5.79 Å². The maximum Gasteiger partial charge on any atom is 0.337 e. The van der Waals surface area contributed by atoms with Crippen molar-refractivity contribution < 1.29 is 28.2 Å². The van der Waals surface area contributed by atoms with Gasteiger partial charge in [-0.05, 0) is 37.6 Å². The van der Waals surface area contributed by atoms with Gasteiger partial charge in [0.25, 0.3) is 0 Å². The predicted molar refractivity (Wildman–Crippen MR) is 101 cm³/mol. The summed E-state index contributed by atoms with van der Waals surface area (Å²) in [7, 11) is 1.34.